The minimum Gasteiger partial charge on any atom is -0.456 e. The second kappa shape index (κ2) is 9.32. The van der Waals surface area contributed by atoms with Gasteiger partial charge in [0.25, 0.3) is 0 Å². The van der Waals surface area contributed by atoms with Crippen molar-refractivity contribution in [2.75, 3.05) is 13.2 Å². The van der Waals surface area contributed by atoms with Crippen molar-refractivity contribution in [1.29, 1.82) is 0 Å². The molecule has 0 aromatic heterocycles. The monoisotopic (exact) mass is 461 g/mol. The van der Waals surface area contributed by atoms with Crippen LogP contribution in [0.2, 0.25) is 18.1 Å². The van der Waals surface area contributed by atoms with Crippen molar-refractivity contribution in [2.45, 2.75) is 57.4 Å². The van der Waals surface area contributed by atoms with Crippen molar-refractivity contribution >= 4 is 14.3 Å². The second-order valence-corrected chi connectivity index (χ2v) is 15.3. The molecule has 0 saturated heterocycles. The Hall–Kier alpha value is -2.63. The summed E-state index contributed by atoms with van der Waals surface area (Å²) in [7, 11) is -1.96. The highest BCUT2D eigenvalue weighted by Gasteiger charge is 2.41. The first-order valence-electron chi connectivity index (χ1n) is 11.8. The molecule has 5 heteroatoms. The first-order valence-corrected chi connectivity index (χ1v) is 14.7. The number of esters is 1. The molecule has 33 heavy (non-hydrogen) atoms. The summed E-state index contributed by atoms with van der Waals surface area (Å²) >= 11 is 0. The highest BCUT2D eigenvalue weighted by atomic mass is 28.4. The van der Waals surface area contributed by atoms with E-state index in [0.717, 1.165) is 12.1 Å². The number of cyclic esters (lactones) is 1. The molecule has 0 spiro atoms. The molecule has 2 aliphatic heterocycles. The quantitative estimate of drug-likeness (QED) is 0.372. The molecular formula is C28H35NO3Si. The number of ether oxygens (including phenoxy) is 1. The third-order valence-electron chi connectivity index (χ3n) is 7.22. The maximum atomic E-state index is 12.4. The highest BCUT2D eigenvalue weighted by molar-refractivity contribution is 6.74. The lowest BCUT2D eigenvalue weighted by Gasteiger charge is -2.44. The molecule has 0 amide bonds. The van der Waals surface area contributed by atoms with Crippen LogP contribution in [0.4, 0.5) is 0 Å². The molecule has 0 saturated carbocycles. The van der Waals surface area contributed by atoms with E-state index in [4.69, 9.17) is 9.16 Å². The molecule has 4 nitrogen and oxygen atoms in total. The normalized spacial score (nSPS) is 19.5. The Morgan fingerprint density at radius 1 is 1.06 bits per heavy atom. The maximum absolute atomic E-state index is 12.4. The maximum Gasteiger partial charge on any atom is 0.340 e. The number of carbonyl (C=O) groups excluding carboxylic acids is 1. The summed E-state index contributed by atoms with van der Waals surface area (Å²) in [5, 5.41) is 0.127. The Morgan fingerprint density at radius 3 is 2.33 bits per heavy atom. The predicted octanol–water partition coefficient (Wildman–Crippen LogP) is 6.04. The molecule has 2 aliphatic rings. The van der Waals surface area contributed by atoms with Crippen LogP contribution in [0.3, 0.4) is 0 Å². The Kier molecular flexibility index (Phi) is 6.64. The SMILES string of the molecule is CC(C)(C)[Si](C)(C)OC[C@@H](Cc1ccccc1)N1C2=C(C=CC1c1ccccc1)C(=O)OC2. The van der Waals surface area contributed by atoms with E-state index in [1.165, 1.54) is 11.1 Å². The van der Waals surface area contributed by atoms with Gasteiger partial charge in [0.05, 0.1) is 30.0 Å². The number of nitrogens with zero attached hydrogens (tertiary/aromatic N) is 1. The summed E-state index contributed by atoms with van der Waals surface area (Å²) < 4.78 is 12.2. The zero-order chi connectivity index (χ0) is 23.6. The van der Waals surface area contributed by atoms with E-state index < -0.39 is 8.32 Å². The molecule has 174 valence electrons. The Balaban J connectivity index is 1.73. The van der Waals surface area contributed by atoms with Crippen molar-refractivity contribution in [2.24, 2.45) is 0 Å². The summed E-state index contributed by atoms with van der Waals surface area (Å²) in [5.41, 5.74) is 4.10. The van der Waals surface area contributed by atoms with Crippen molar-refractivity contribution < 1.29 is 14.0 Å². The molecule has 2 heterocycles. The number of benzene rings is 2. The Labute approximate surface area is 199 Å². The van der Waals surface area contributed by atoms with Crippen LogP contribution in [-0.2, 0) is 20.4 Å². The largest absolute Gasteiger partial charge is 0.456 e. The summed E-state index contributed by atoms with van der Waals surface area (Å²) in [6, 6.07) is 21.1. The number of rotatable bonds is 7. The van der Waals surface area contributed by atoms with Crippen molar-refractivity contribution in [3.8, 4) is 0 Å². The van der Waals surface area contributed by atoms with Crippen LogP contribution in [0.25, 0.3) is 0 Å². The molecular weight excluding hydrogens is 426 g/mol. The molecule has 2 aromatic carbocycles. The summed E-state index contributed by atoms with van der Waals surface area (Å²) in [4.78, 5) is 14.8. The fourth-order valence-electron chi connectivity index (χ4n) is 4.25. The topological polar surface area (TPSA) is 38.8 Å². The van der Waals surface area contributed by atoms with Gasteiger partial charge in [0.2, 0.25) is 0 Å². The first-order chi connectivity index (χ1) is 15.7. The Morgan fingerprint density at radius 2 is 1.70 bits per heavy atom. The van der Waals surface area contributed by atoms with Crippen LogP contribution in [0.15, 0.2) is 84.1 Å². The van der Waals surface area contributed by atoms with Gasteiger partial charge in [-0.2, -0.15) is 0 Å². The van der Waals surface area contributed by atoms with Crippen LogP contribution in [-0.4, -0.2) is 38.4 Å². The predicted molar refractivity (Wildman–Crippen MR) is 135 cm³/mol. The average Bonchev–Trinajstić information content (AvgIpc) is 3.17. The lowest BCUT2D eigenvalue weighted by Crippen LogP contribution is -2.48. The fraction of sp³-hybridized carbons (Fsp3) is 0.393. The zero-order valence-corrected chi connectivity index (χ0v) is 21.4. The minimum atomic E-state index is -1.96. The number of hydrogen-bond acceptors (Lipinski definition) is 4. The molecule has 2 aromatic rings. The van der Waals surface area contributed by atoms with Gasteiger partial charge in [-0.1, -0.05) is 87.5 Å². The van der Waals surface area contributed by atoms with Crippen LogP contribution < -0.4 is 0 Å². The van der Waals surface area contributed by atoms with E-state index in [-0.39, 0.29) is 23.1 Å². The van der Waals surface area contributed by atoms with Gasteiger partial charge in [-0.05, 0) is 41.8 Å². The van der Waals surface area contributed by atoms with Gasteiger partial charge in [-0.25, -0.2) is 4.79 Å². The van der Waals surface area contributed by atoms with E-state index in [1.54, 1.807) is 0 Å². The third-order valence-corrected chi connectivity index (χ3v) is 11.7. The van der Waals surface area contributed by atoms with E-state index in [1.807, 2.05) is 18.2 Å². The van der Waals surface area contributed by atoms with E-state index in [0.29, 0.717) is 18.8 Å². The molecule has 2 atom stereocenters. The van der Waals surface area contributed by atoms with E-state index >= 15 is 0 Å². The zero-order valence-electron chi connectivity index (χ0n) is 20.4. The number of carbonyl (C=O) groups is 1. The van der Waals surface area contributed by atoms with Gasteiger partial charge in [-0.15, -0.1) is 0 Å². The molecule has 0 aliphatic carbocycles. The lowest BCUT2D eigenvalue weighted by molar-refractivity contribution is -0.135. The van der Waals surface area contributed by atoms with Crippen molar-refractivity contribution in [3.05, 3.63) is 95.2 Å². The standard InChI is InChI=1S/C28H35NO3Si/c1-28(2,3)33(4,5)32-19-23(18-21-12-8-6-9-13-21)29-25(22-14-10-7-11-15-22)17-16-24-26(29)20-31-27(24)30/h6-17,23,25H,18-20H2,1-5H3/t23-,25?/m1/s1. The van der Waals surface area contributed by atoms with Gasteiger partial charge < -0.3 is 14.1 Å². The molecule has 0 radical (unpaired) electrons. The summed E-state index contributed by atoms with van der Waals surface area (Å²) in [6.45, 7) is 12.3. The third kappa shape index (κ3) is 4.99. The van der Waals surface area contributed by atoms with Crippen LogP contribution >= 0.6 is 0 Å². The fourth-order valence-corrected chi connectivity index (χ4v) is 5.29. The highest BCUT2D eigenvalue weighted by Crippen LogP contribution is 2.40. The van der Waals surface area contributed by atoms with Gasteiger partial charge >= 0.3 is 5.97 Å². The smallest absolute Gasteiger partial charge is 0.340 e. The first kappa shape index (κ1) is 23.5. The van der Waals surface area contributed by atoms with Crippen LogP contribution in [0.5, 0.6) is 0 Å². The number of hydrogen-bond donors (Lipinski definition) is 0. The average molecular weight is 462 g/mol. The molecule has 0 N–H and O–H groups in total. The molecule has 1 unspecified atom stereocenters. The van der Waals surface area contributed by atoms with Gasteiger partial charge in [0.15, 0.2) is 8.32 Å². The second-order valence-electron chi connectivity index (χ2n) is 10.5. The Bertz CT molecular complexity index is 1040. The molecule has 0 bridgehead atoms. The van der Waals surface area contributed by atoms with Crippen molar-refractivity contribution in [1.82, 2.24) is 4.90 Å². The van der Waals surface area contributed by atoms with Gasteiger partial charge in [-0.3, -0.25) is 0 Å². The lowest BCUT2D eigenvalue weighted by atomic mass is 9.94. The minimum absolute atomic E-state index is 0.0242. The van der Waals surface area contributed by atoms with E-state index in [9.17, 15) is 4.79 Å². The van der Waals surface area contributed by atoms with Gasteiger partial charge in [0.1, 0.15) is 6.61 Å². The molecule has 4 rings (SSSR count). The van der Waals surface area contributed by atoms with Crippen LogP contribution in [0.1, 0.15) is 37.9 Å². The van der Waals surface area contributed by atoms with E-state index in [2.05, 4.69) is 93.4 Å². The summed E-state index contributed by atoms with van der Waals surface area (Å²) in [6.07, 6.45) is 4.90. The molecule has 0 fully saturated rings. The van der Waals surface area contributed by atoms with Crippen molar-refractivity contribution in [3.63, 3.8) is 0 Å². The summed E-state index contributed by atoms with van der Waals surface area (Å²) in [5.74, 6) is -0.235. The van der Waals surface area contributed by atoms with Crippen LogP contribution in [0, 0.1) is 0 Å². The van der Waals surface area contributed by atoms with Gasteiger partial charge in [0, 0.05) is 0 Å².